The van der Waals surface area contributed by atoms with Gasteiger partial charge in [-0.3, -0.25) is 4.79 Å². The lowest BCUT2D eigenvalue weighted by atomic mass is 10.1. The molecule has 0 aliphatic heterocycles. The standard InChI is InChI=1S/C19H18ClN3O3S/c1-23(2)27(25,26)17-6-4-3-5-15(17)12-21-19(24)14-7-9-16-13(11-14)8-10-18(20)22-16/h3-11H,12H2,1-2H3,(H,21,24). The molecular formula is C19H18ClN3O3S. The zero-order chi connectivity index (χ0) is 19.6. The van der Waals surface area contributed by atoms with Crippen LogP contribution in [0.25, 0.3) is 10.9 Å². The zero-order valence-electron chi connectivity index (χ0n) is 14.8. The van der Waals surface area contributed by atoms with Gasteiger partial charge >= 0.3 is 0 Å². The van der Waals surface area contributed by atoms with E-state index in [0.29, 0.717) is 21.8 Å². The summed E-state index contributed by atoms with van der Waals surface area (Å²) in [7, 11) is -0.647. The van der Waals surface area contributed by atoms with E-state index >= 15 is 0 Å². The number of amides is 1. The quantitative estimate of drug-likeness (QED) is 0.664. The number of halogens is 1. The molecule has 1 N–H and O–H groups in total. The molecule has 1 amide bonds. The lowest BCUT2D eigenvalue weighted by molar-refractivity contribution is 0.0950. The third-order valence-electron chi connectivity index (χ3n) is 4.09. The van der Waals surface area contributed by atoms with E-state index in [1.807, 2.05) is 0 Å². The molecule has 0 aliphatic rings. The Balaban J connectivity index is 1.82. The highest BCUT2D eigenvalue weighted by Gasteiger charge is 2.21. The van der Waals surface area contributed by atoms with E-state index in [0.717, 1.165) is 9.69 Å². The van der Waals surface area contributed by atoms with Crippen molar-refractivity contribution < 1.29 is 13.2 Å². The van der Waals surface area contributed by atoms with E-state index in [1.165, 1.54) is 20.2 Å². The summed E-state index contributed by atoms with van der Waals surface area (Å²) < 4.78 is 26.0. The van der Waals surface area contributed by atoms with E-state index in [9.17, 15) is 13.2 Å². The number of benzene rings is 2. The molecule has 2 aromatic carbocycles. The highest BCUT2D eigenvalue weighted by Crippen LogP contribution is 2.19. The lowest BCUT2D eigenvalue weighted by Crippen LogP contribution is -2.27. The average molecular weight is 404 g/mol. The summed E-state index contributed by atoms with van der Waals surface area (Å²) in [5, 5.41) is 3.96. The number of carbonyl (C=O) groups excluding carboxylic acids is 1. The fourth-order valence-corrected chi connectivity index (χ4v) is 3.89. The van der Waals surface area contributed by atoms with Crippen LogP contribution in [0.3, 0.4) is 0 Å². The van der Waals surface area contributed by atoms with E-state index in [2.05, 4.69) is 10.3 Å². The van der Waals surface area contributed by atoms with Crippen molar-refractivity contribution in [2.75, 3.05) is 14.1 Å². The van der Waals surface area contributed by atoms with Gasteiger partial charge in [0.05, 0.1) is 10.4 Å². The van der Waals surface area contributed by atoms with Crippen LogP contribution in [0.15, 0.2) is 59.5 Å². The predicted molar refractivity (Wildman–Crippen MR) is 105 cm³/mol. The van der Waals surface area contributed by atoms with Gasteiger partial charge in [-0.1, -0.05) is 29.8 Å². The Bertz CT molecular complexity index is 1110. The van der Waals surface area contributed by atoms with Crippen molar-refractivity contribution in [2.24, 2.45) is 0 Å². The minimum Gasteiger partial charge on any atom is -0.348 e. The van der Waals surface area contributed by atoms with Crippen molar-refractivity contribution in [3.63, 3.8) is 0 Å². The number of rotatable bonds is 5. The SMILES string of the molecule is CN(C)S(=O)(=O)c1ccccc1CNC(=O)c1ccc2nc(Cl)ccc2c1. The largest absolute Gasteiger partial charge is 0.348 e. The van der Waals surface area contributed by atoms with Crippen LogP contribution in [-0.2, 0) is 16.6 Å². The first-order valence-electron chi connectivity index (χ1n) is 8.14. The first-order valence-corrected chi connectivity index (χ1v) is 9.96. The molecule has 0 bridgehead atoms. The molecule has 6 nitrogen and oxygen atoms in total. The van der Waals surface area contributed by atoms with Crippen molar-refractivity contribution in [3.8, 4) is 0 Å². The van der Waals surface area contributed by atoms with Gasteiger partial charge in [0.25, 0.3) is 5.91 Å². The van der Waals surface area contributed by atoms with Gasteiger partial charge in [0, 0.05) is 31.6 Å². The molecule has 0 radical (unpaired) electrons. The molecule has 1 heterocycles. The zero-order valence-corrected chi connectivity index (χ0v) is 16.4. The highest BCUT2D eigenvalue weighted by molar-refractivity contribution is 7.89. The molecule has 0 spiro atoms. The number of nitrogens with one attached hydrogen (secondary N) is 1. The Labute approximate surface area is 162 Å². The maximum atomic E-state index is 12.5. The van der Waals surface area contributed by atoms with Gasteiger partial charge in [-0.05, 0) is 42.0 Å². The van der Waals surface area contributed by atoms with Crippen LogP contribution in [0.2, 0.25) is 5.15 Å². The summed E-state index contributed by atoms with van der Waals surface area (Å²) in [6.07, 6.45) is 0. The third-order valence-corrected chi connectivity index (χ3v) is 6.21. The molecule has 1 aromatic heterocycles. The first-order chi connectivity index (χ1) is 12.8. The summed E-state index contributed by atoms with van der Waals surface area (Å²) in [6.45, 7) is 0.0962. The average Bonchev–Trinajstić information content (AvgIpc) is 2.65. The Morgan fingerprint density at radius 2 is 1.85 bits per heavy atom. The fourth-order valence-electron chi connectivity index (χ4n) is 2.62. The second-order valence-corrected chi connectivity index (χ2v) is 8.63. The predicted octanol–water partition coefficient (Wildman–Crippen LogP) is 3.07. The molecule has 0 atom stereocenters. The molecular weight excluding hydrogens is 386 g/mol. The monoisotopic (exact) mass is 403 g/mol. The minimum atomic E-state index is -3.59. The molecule has 0 unspecified atom stereocenters. The number of hydrogen-bond acceptors (Lipinski definition) is 4. The minimum absolute atomic E-state index is 0.0962. The van der Waals surface area contributed by atoms with Crippen molar-refractivity contribution in [1.29, 1.82) is 0 Å². The number of carbonyl (C=O) groups is 1. The second-order valence-electron chi connectivity index (χ2n) is 6.12. The normalized spacial score (nSPS) is 11.7. The summed E-state index contributed by atoms with van der Waals surface area (Å²) >= 11 is 5.87. The van der Waals surface area contributed by atoms with E-state index < -0.39 is 10.0 Å². The van der Waals surface area contributed by atoms with Crippen molar-refractivity contribution in [2.45, 2.75) is 11.4 Å². The summed E-state index contributed by atoms with van der Waals surface area (Å²) in [5.74, 6) is -0.302. The maximum absolute atomic E-state index is 12.5. The van der Waals surface area contributed by atoms with E-state index in [-0.39, 0.29) is 17.3 Å². The van der Waals surface area contributed by atoms with Gasteiger partial charge in [0.1, 0.15) is 5.15 Å². The van der Waals surface area contributed by atoms with Crippen LogP contribution < -0.4 is 5.32 Å². The Morgan fingerprint density at radius 3 is 2.59 bits per heavy atom. The van der Waals surface area contributed by atoms with Crippen molar-refractivity contribution in [3.05, 3.63) is 70.9 Å². The molecule has 140 valence electrons. The van der Waals surface area contributed by atoms with Gasteiger partial charge in [-0.15, -0.1) is 0 Å². The van der Waals surface area contributed by atoms with Gasteiger partial charge in [-0.2, -0.15) is 0 Å². The van der Waals surface area contributed by atoms with Crippen molar-refractivity contribution in [1.82, 2.24) is 14.6 Å². The molecule has 3 rings (SSSR count). The van der Waals surface area contributed by atoms with Crippen LogP contribution in [0.5, 0.6) is 0 Å². The van der Waals surface area contributed by atoms with Crippen LogP contribution in [0, 0.1) is 0 Å². The Morgan fingerprint density at radius 1 is 1.11 bits per heavy atom. The van der Waals surface area contributed by atoms with Crippen LogP contribution in [0.1, 0.15) is 15.9 Å². The smallest absolute Gasteiger partial charge is 0.251 e. The topological polar surface area (TPSA) is 79.4 Å². The second kappa shape index (κ2) is 7.64. The summed E-state index contributed by atoms with van der Waals surface area (Å²) in [4.78, 5) is 16.9. The number of pyridine rings is 1. The van der Waals surface area contributed by atoms with E-state index in [1.54, 1.807) is 48.5 Å². The van der Waals surface area contributed by atoms with Gasteiger partial charge < -0.3 is 5.32 Å². The Kier molecular flexibility index (Phi) is 5.46. The highest BCUT2D eigenvalue weighted by atomic mass is 35.5. The van der Waals surface area contributed by atoms with Crippen molar-refractivity contribution >= 4 is 38.4 Å². The summed E-state index contributed by atoms with van der Waals surface area (Å²) in [5.41, 5.74) is 1.68. The van der Waals surface area contributed by atoms with E-state index in [4.69, 9.17) is 11.6 Å². The summed E-state index contributed by atoms with van der Waals surface area (Å²) in [6, 6.07) is 15.2. The number of aromatic nitrogens is 1. The molecule has 0 saturated heterocycles. The number of sulfonamides is 1. The number of nitrogens with zero attached hydrogens (tertiary/aromatic N) is 2. The van der Waals surface area contributed by atoms with Crippen LogP contribution in [0.4, 0.5) is 0 Å². The Hall–Kier alpha value is -2.48. The third kappa shape index (κ3) is 4.10. The number of fused-ring (bicyclic) bond motifs is 1. The first kappa shape index (κ1) is 19.3. The van der Waals surface area contributed by atoms with Crippen LogP contribution >= 0.6 is 11.6 Å². The molecule has 27 heavy (non-hydrogen) atoms. The molecule has 0 aliphatic carbocycles. The molecule has 0 fully saturated rings. The molecule has 0 saturated carbocycles. The fraction of sp³-hybridized carbons (Fsp3) is 0.158. The molecule has 8 heteroatoms. The molecule has 3 aromatic rings. The number of hydrogen-bond donors (Lipinski definition) is 1. The van der Waals surface area contributed by atoms with Gasteiger partial charge in [0.15, 0.2) is 0 Å². The van der Waals surface area contributed by atoms with Gasteiger partial charge in [-0.25, -0.2) is 17.7 Å². The van der Waals surface area contributed by atoms with Gasteiger partial charge in [0.2, 0.25) is 10.0 Å². The maximum Gasteiger partial charge on any atom is 0.251 e. The lowest BCUT2D eigenvalue weighted by Gasteiger charge is -2.15. The van der Waals surface area contributed by atoms with Crippen LogP contribution in [-0.4, -0.2) is 37.7 Å².